The molecule has 5 atom stereocenters. The van der Waals surface area contributed by atoms with Crippen LogP contribution < -0.4 is 0 Å². The van der Waals surface area contributed by atoms with E-state index in [0.29, 0.717) is 32.2 Å². The quantitative estimate of drug-likeness (QED) is 0.303. The van der Waals surface area contributed by atoms with Crippen molar-refractivity contribution < 1.29 is 29.0 Å². The second-order valence-corrected chi connectivity index (χ2v) is 10.2. The number of nitrogens with zero attached hydrogens (tertiary/aromatic N) is 2. The van der Waals surface area contributed by atoms with Crippen molar-refractivity contribution >= 4 is 17.8 Å². The Kier molecular flexibility index (Phi) is 7.10. The third-order valence-corrected chi connectivity index (χ3v) is 7.46. The third kappa shape index (κ3) is 3.91. The number of amides is 2. The lowest BCUT2D eigenvalue weighted by Crippen LogP contribution is -2.60. The molecule has 0 aromatic carbocycles. The van der Waals surface area contributed by atoms with Crippen molar-refractivity contribution in [3.8, 4) is 0 Å². The van der Waals surface area contributed by atoms with Gasteiger partial charge in [-0.2, -0.15) is 0 Å². The van der Waals surface area contributed by atoms with E-state index in [9.17, 15) is 19.5 Å². The number of fused-ring (bicyclic) bond motifs is 1. The van der Waals surface area contributed by atoms with Gasteiger partial charge in [-0.25, -0.2) is 0 Å². The Morgan fingerprint density at radius 2 is 2.00 bits per heavy atom. The van der Waals surface area contributed by atoms with Crippen molar-refractivity contribution in [2.75, 3.05) is 26.3 Å². The van der Waals surface area contributed by atoms with Crippen LogP contribution in [0.4, 0.5) is 0 Å². The molecular weight excluding hydrogens is 424 g/mol. The maximum absolute atomic E-state index is 14.0. The Balaban J connectivity index is 2.07. The molecule has 3 rings (SSSR count). The highest BCUT2D eigenvalue weighted by Gasteiger charge is 2.79. The van der Waals surface area contributed by atoms with Crippen LogP contribution in [0.5, 0.6) is 0 Å². The first-order chi connectivity index (χ1) is 15.5. The van der Waals surface area contributed by atoms with Crippen LogP contribution in [0.15, 0.2) is 25.3 Å². The van der Waals surface area contributed by atoms with Gasteiger partial charge < -0.3 is 24.4 Å². The number of likely N-dealkylation sites (tertiary alicyclic amines) is 1. The zero-order valence-corrected chi connectivity index (χ0v) is 20.3. The Labute approximate surface area is 196 Å². The molecule has 3 aliphatic rings. The number of ether oxygens (including phenoxy) is 2. The van der Waals surface area contributed by atoms with Gasteiger partial charge in [0.1, 0.15) is 17.6 Å². The van der Waals surface area contributed by atoms with Crippen molar-refractivity contribution in [2.24, 2.45) is 11.8 Å². The third-order valence-electron chi connectivity index (χ3n) is 7.46. The van der Waals surface area contributed by atoms with E-state index in [0.717, 1.165) is 0 Å². The van der Waals surface area contributed by atoms with Crippen LogP contribution in [0.25, 0.3) is 0 Å². The predicted molar refractivity (Wildman–Crippen MR) is 123 cm³/mol. The molecule has 0 aromatic heterocycles. The topological polar surface area (TPSA) is 96.4 Å². The molecule has 3 heterocycles. The molecule has 1 N–H and O–H groups in total. The van der Waals surface area contributed by atoms with Crippen LogP contribution in [0.3, 0.4) is 0 Å². The predicted octanol–water partition coefficient (Wildman–Crippen LogP) is 2.07. The average molecular weight is 463 g/mol. The molecule has 2 unspecified atom stereocenters. The van der Waals surface area contributed by atoms with Gasteiger partial charge in [-0.05, 0) is 46.5 Å². The number of aliphatic hydroxyl groups is 1. The molecule has 8 nitrogen and oxygen atoms in total. The maximum Gasteiger partial charge on any atom is 0.312 e. The lowest BCUT2D eigenvalue weighted by atomic mass is 9.65. The minimum atomic E-state index is -1.12. The molecule has 3 saturated heterocycles. The van der Waals surface area contributed by atoms with E-state index in [-0.39, 0.29) is 31.6 Å². The first kappa shape index (κ1) is 25.4. The molecule has 0 saturated carbocycles. The smallest absolute Gasteiger partial charge is 0.312 e. The number of carbonyl (C=O) groups excluding carboxylic acids is 3. The summed E-state index contributed by atoms with van der Waals surface area (Å²) in [5.41, 5.74) is -2.47. The van der Waals surface area contributed by atoms with E-state index in [4.69, 9.17) is 9.47 Å². The SMILES string of the molecule is C=CCCOC(=O)[C@H]1[C@H]2C(=O)N(CCO)C(C(=O)N(CC=C)C(C)(C)C)C23CC[C@]1(CC)O3. The molecule has 2 bridgehead atoms. The average Bonchev–Trinajstić information content (AvgIpc) is 3.35. The second kappa shape index (κ2) is 9.22. The number of carbonyl (C=O) groups is 3. The van der Waals surface area contributed by atoms with Crippen LogP contribution in [-0.2, 0) is 23.9 Å². The zero-order valence-electron chi connectivity index (χ0n) is 20.3. The zero-order chi connectivity index (χ0) is 24.6. The molecular formula is C25H38N2O6. The van der Waals surface area contributed by atoms with Crippen LogP contribution in [-0.4, -0.2) is 81.8 Å². The summed E-state index contributed by atoms with van der Waals surface area (Å²) >= 11 is 0. The van der Waals surface area contributed by atoms with Crippen LogP contribution in [0.1, 0.15) is 53.4 Å². The summed E-state index contributed by atoms with van der Waals surface area (Å²) in [5, 5.41) is 9.71. The van der Waals surface area contributed by atoms with Crippen LogP contribution in [0.2, 0.25) is 0 Å². The number of hydrogen-bond acceptors (Lipinski definition) is 6. The highest BCUT2D eigenvalue weighted by Crippen LogP contribution is 2.64. The van der Waals surface area contributed by atoms with Gasteiger partial charge >= 0.3 is 5.97 Å². The Hall–Kier alpha value is -2.19. The van der Waals surface area contributed by atoms with Gasteiger partial charge in [-0.15, -0.1) is 13.2 Å². The number of β-amino-alcohol motifs (C(OH)–C–C–N with tert-alkyl or cyclic N) is 1. The van der Waals surface area contributed by atoms with Gasteiger partial charge in [0.15, 0.2) is 0 Å². The summed E-state index contributed by atoms with van der Waals surface area (Å²) < 4.78 is 12.2. The highest BCUT2D eigenvalue weighted by molar-refractivity contribution is 5.98. The normalized spacial score (nSPS) is 32.6. The molecule has 1 spiro atoms. The fraction of sp³-hybridized carbons (Fsp3) is 0.720. The summed E-state index contributed by atoms with van der Waals surface area (Å²) in [6.45, 7) is 15.4. The van der Waals surface area contributed by atoms with E-state index < -0.39 is 40.6 Å². The number of esters is 1. The lowest BCUT2D eigenvalue weighted by molar-refractivity contribution is -0.162. The second-order valence-electron chi connectivity index (χ2n) is 10.2. The van der Waals surface area contributed by atoms with Crippen molar-refractivity contribution in [3.63, 3.8) is 0 Å². The van der Waals surface area contributed by atoms with E-state index in [2.05, 4.69) is 13.2 Å². The van der Waals surface area contributed by atoms with Gasteiger partial charge in [0.2, 0.25) is 11.8 Å². The number of hydrogen-bond donors (Lipinski definition) is 1. The first-order valence-electron chi connectivity index (χ1n) is 11.9. The van der Waals surface area contributed by atoms with Crippen molar-refractivity contribution in [1.29, 1.82) is 0 Å². The van der Waals surface area contributed by atoms with Crippen molar-refractivity contribution in [2.45, 2.75) is 76.2 Å². The standard InChI is InChI=1S/C25H38N2O6/c1-7-10-16-32-22(31)18-17-20(29)26(14-15-28)19(21(30)27(13-8-2)23(4,5)6)25(17)12-11-24(18,9-3)33-25/h7-8,17-19,28H,1-2,9-16H2,3-6H3/t17-,18+,19?,24-,25?/m0/s1. The molecule has 3 fully saturated rings. The largest absolute Gasteiger partial charge is 0.465 e. The summed E-state index contributed by atoms with van der Waals surface area (Å²) in [6.07, 6.45) is 5.45. The van der Waals surface area contributed by atoms with Gasteiger partial charge in [0.25, 0.3) is 0 Å². The summed E-state index contributed by atoms with van der Waals surface area (Å²) in [4.78, 5) is 44.1. The van der Waals surface area contributed by atoms with Gasteiger partial charge in [-0.1, -0.05) is 19.1 Å². The minimum Gasteiger partial charge on any atom is -0.465 e. The molecule has 0 aliphatic carbocycles. The maximum atomic E-state index is 14.0. The van der Waals surface area contributed by atoms with Gasteiger partial charge in [-0.3, -0.25) is 14.4 Å². The first-order valence-corrected chi connectivity index (χ1v) is 11.9. The Bertz CT molecular complexity index is 820. The highest BCUT2D eigenvalue weighted by atomic mass is 16.6. The number of rotatable bonds is 10. The fourth-order valence-electron chi connectivity index (χ4n) is 6.01. The van der Waals surface area contributed by atoms with E-state index >= 15 is 0 Å². The Morgan fingerprint density at radius 1 is 1.30 bits per heavy atom. The van der Waals surface area contributed by atoms with Crippen molar-refractivity contribution in [1.82, 2.24) is 9.80 Å². The van der Waals surface area contributed by atoms with Crippen LogP contribution in [0, 0.1) is 11.8 Å². The fourth-order valence-corrected chi connectivity index (χ4v) is 6.01. The molecule has 2 amide bonds. The van der Waals surface area contributed by atoms with E-state index in [1.54, 1.807) is 17.1 Å². The van der Waals surface area contributed by atoms with Gasteiger partial charge in [0.05, 0.1) is 24.7 Å². The van der Waals surface area contributed by atoms with Gasteiger partial charge in [0, 0.05) is 18.6 Å². The Morgan fingerprint density at radius 3 is 2.55 bits per heavy atom. The molecule has 0 radical (unpaired) electrons. The summed E-state index contributed by atoms with van der Waals surface area (Å²) in [5.74, 6) is -2.63. The summed E-state index contributed by atoms with van der Waals surface area (Å²) in [6, 6.07) is -0.916. The minimum absolute atomic E-state index is 0.000277. The van der Waals surface area contributed by atoms with Crippen LogP contribution >= 0.6 is 0 Å². The van der Waals surface area contributed by atoms with E-state index in [1.807, 2.05) is 27.7 Å². The monoisotopic (exact) mass is 462 g/mol. The van der Waals surface area contributed by atoms with Crippen molar-refractivity contribution in [3.05, 3.63) is 25.3 Å². The molecule has 3 aliphatic heterocycles. The number of aliphatic hydroxyl groups excluding tert-OH is 1. The molecule has 33 heavy (non-hydrogen) atoms. The molecule has 184 valence electrons. The lowest BCUT2D eigenvalue weighted by Gasteiger charge is -2.42. The summed E-state index contributed by atoms with van der Waals surface area (Å²) in [7, 11) is 0. The molecule has 8 heteroatoms. The van der Waals surface area contributed by atoms with E-state index in [1.165, 1.54) is 4.90 Å². The molecule has 0 aromatic rings.